The number of fused-ring (bicyclic) bond motifs is 3. The number of carbonyl (C=O) groups is 1. The summed E-state index contributed by atoms with van der Waals surface area (Å²) in [5.41, 5.74) is 3.45. The molecule has 5 rings (SSSR count). The van der Waals surface area contributed by atoms with Crippen molar-refractivity contribution >= 4 is 43.5 Å². The first kappa shape index (κ1) is 20.4. The highest BCUT2D eigenvalue weighted by atomic mass is 79.9. The second-order valence-electron chi connectivity index (χ2n) is 7.25. The van der Waals surface area contributed by atoms with Gasteiger partial charge in [0, 0.05) is 51.3 Å². The van der Waals surface area contributed by atoms with Crippen LogP contribution in [0.1, 0.15) is 21.6 Å². The summed E-state index contributed by atoms with van der Waals surface area (Å²) in [6, 6.07) is 18.6. The Balaban J connectivity index is 1.65. The smallest absolute Gasteiger partial charge is 0.219 e. The molecule has 0 radical (unpaired) electrons. The minimum atomic E-state index is -0.139. The van der Waals surface area contributed by atoms with Gasteiger partial charge in [-0.3, -0.25) is 9.78 Å². The second kappa shape index (κ2) is 8.53. The van der Waals surface area contributed by atoms with Gasteiger partial charge in [0.2, 0.25) is 11.7 Å². The Labute approximate surface area is 192 Å². The molecule has 5 aromatic rings. The predicted octanol–water partition coefficient (Wildman–Crippen LogP) is 6.04. The van der Waals surface area contributed by atoms with E-state index in [0.717, 1.165) is 31.8 Å². The number of aromatic nitrogens is 3. The number of hydrogen-bond acceptors (Lipinski definition) is 5. The number of benzene rings is 2. The summed E-state index contributed by atoms with van der Waals surface area (Å²) in [5.74, 6) is 0.996. The number of hydrogen-bond donors (Lipinski definition) is 1. The minimum Gasteiger partial charge on any atom is -0.439 e. The Kier molecular flexibility index (Phi) is 5.43. The molecule has 2 aromatic carbocycles. The molecule has 32 heavy (non-hydrogen) atoms. The fourth-order valence-electron chi connectivity index (χ4n) is 3.75. The summed E-state index contributed by atoms with van der Waals surface area (Å²) in [4.78, 5) is 25.3. The molecule has 7 heteroatoms. The van der Waals surface area contributed by atoms with Crippen LogP contribution in [0, 0.1) is 0 Å². The molecule has 0 saturated heterocycles. The Hall–Kier alpha value is -3.55. The highest BCUT2D eigenvalue weighted by Crippen LogP contribution is 2.34. The number of nitrogens with zero attached hydrogens (tertiary/aromatic N) is 2. The molecular formula is C25H18BrN3O3. The SMILES string of the molecule is COCc1c(C(=O)c2ccccc2)ncc2[nH]c3ccc(Oc4ccc(Br)cn4)cc3c12. The summed E-state index contributed by atoms with van der Waals surface area (Å²) in [7, 11) is 1.61. The first-order chi connectivity index (χ1) is 15.6. The molecule has 0 saturated carbocycles. The van der Waals surface area contributed by atoms with E-state index in [1.807, 2.05) is 42.5 Å². The maximum absolute atomic E-state index is 13.2. The van der Waals surface area contributed by atoms with Crippen LogP contribution in [-0.2, 0) is 11.3 Å². The maximum Gasteiger partial charge on any atom is 0.219 e. The molecule has 0 fully saturated rings. The van der Waals surface area contributed by atoms with Crippen molar-refractivity contribution in [3.05, 3.63) is 94.4 Å². The largest absolute Gasteiger partial charge is 0.439 e. The topological polar surface area (TPSA) is 77.1 Å². The van der Waals surface area contributed by atoms with Crippen LogP contribution in [-0.4, -0.2) is 27.8 Å². The van der Waals surface area contributed by atoms with Crippen molar-refractivity contribution in [2.24, 2.45) is 0 Å². The number of pyridine rings is 2. The minimum absolute atomic E-state index is 0.139. The standard InChI is InChI=1S/C25H18BrN3O3/c1-31-14-19-23-18-11-17(32-22-10-7-16(26)12-27-22)8-9-20(18)29-21(23)13-28-24(19)25(30)15-5-3-2-4-6-15/h2-13,29H,14H2,1H3. The zero-order valence-electron chi connectivity index (χ0n) is 17.1. The maximum atomic E-state index is 13.2. The van der Waals surface area contributed by atoms with Gasteiger partial charge >= 0.3 is 0 Å². The van der Waals surface area contributed by atoms with Crippen molar-refractivity contribution in [3.63, 3.8) is 0 Å². The van der Waals surface area contributed by atoms with E-state index in [1.165, 1.54) is 0 Å². The van der Waals surface area contributed by atoms with Crippen LogP contribution in [0.3, 0.4) is 0 Å². The van der Waals surface area contributed by atoms with Crippen LogP contribution in [0.15, 0.2) is 77.5 Å². The van der Waals surface area contributed by atoms with Crippen LogP contribution in [0.2, 0.25) is 0 Å². The van der Waals surface area contributed by atoms with Gasteiger partial charge in [0.05, 0.1) is 18.3 Å². The molecule has 6 nitrogen and oxygen atoms in total. The second-order valence-corrected chi connectivity index (χ2v) is 8.17. The van der Waals surface area contributed by atoms with Crippen molar-refractivity contribution in [1.82, 2.24) is 15.0 Å². The van der Waals surface area contributed by atoms with E-state index in [1.54, 1.807) is 37.7 Å². The first-order valence-corrected chi connectivity index (χ1v) is 10.7. The number of methoxy groups -OCH3 is 1. The fourth-order valence-corrected chi connectivity index (χ4v) is 3.99. The van der Waals surface area contributed by atoms with Gasteiger partial charge in [-0.1, -0.05) is 30.3 Å². The Morgan fingerprint density at radius 1 is 1.00 bits per heavy atom. The molecule has 0 unspecified atom stereocenters. The van der Waals surface area contributed by atoms with E-state index >= 15 is 0 Å². The van der Waals surface area contributed by atoms with Gasteiger partial charge in [-0.2, -0.15) is 0 Å². The van der Waals surface area contributed by atoms with E-state index in [9.17, 15) is 4.79 Å². The molecular weight excluding hydrogens is 470 g/mol. The van der Waals surface area contributed by atoms with Crippen LogP contribution < -0.4 is 4.74 Å². The number of aromatic amines is 1. The van der Waals surface area contributed by atoms with Crippen molar-refractivity contribution in [2.45, 2.75) is 6.61 Å². The van der Waals surface area contributed by atoms with Gasteiger partial charge in [-0.15, -0.1) is 0 Å². The third-order valence-corrected chi connectivity index (χ3v) is 5.64. The number of nitrogens with one attached hydrogen (secondary N) is 1. The highest BCUT2D eigenvalue weighted by molar-refractivity contribution is 9.10. The Morgan fingerprint density at radius 2 is 1.84 bits per heavy atom. The lowest BCUT2D eigenvalue weighted by atomic mass is 10.00. The van der Waals surface area contributed by atoms with Gasteiger partial charge in [-0.25, -0.2) is 4.98 Å². The third-order valence-electron chi connectivity index (χ3n) is 5.17. The summed E-state index contributed by atoms with van der Waals surface area (Å²) in [6.07, 6.45) is 3.38. The first-order valence-electron chi connectivity index (χ1n) is 9.95. The van der Waals surface area contributed by atoms with E-state index < -0.39 is 0 Å². The molecule has 0 aliphatic heterocycles. The quantitative estimate of drug-likeness (QED) is 0.295. The predicted molar refractivity (Wildman–Crippen MR) is 126 cm³/mol. The molecule has 3 aromatic heterocycles. The van der Waals surface area contributed by atoms with Crippen molar-refractivity contribution in [1.29, 1.82) is 0 Å². The Morgan fingerprint density at radius 3 is 2.59 bits per heavy atom. The fraction of sp³-hybridized carbons (Fsp3) is 0.0800. The molecule has 0 atom stereocenters. The lowest BCUT2D eigenvalue weighted by Gasteiger charge is -2.10. The Bertz CT molecular complexity index is 1430. The number of H-pyrrole nitrogens is 1. The summed E-state index contributed by atoms with van der Waals surface area (Å²) in [5, 5.41) is 1.82. The number of ether oxygens (including phenoxy) is 2. The van der Waals surface area contributed by atoms with E-state index in [0.29, 0.717) is 22.9 Å². The molecule has 0 amide bonds. The van der Waals surface area contributed by atoms with E-state index in [-0.39, 0.29) is 12.4 Å². The third kappa shape index (κ3) is 3.77. The van der Waals surface area contributed by atoms with Gasteiger partial charge < -0.3 is 14.5 Å². The number of carbonyl (C=O) groups excluding carboxylic acids is 1. The van der Waals surface area contributed by atoms with Gasteiger partial charge in [-0.05, 0) is 40.2 Å². The van der Waals surface area contributed by atoms with E-state index in [4.69, 9.17) is 9.47 Å². The van der Waals surface area contributed by atoms with Crippen molar-refractivity contribution < 1.29 is 14.3 Å². The van der Waals surface area contributed by atoms with Gasteiger partial charge in [0.15, 0.2) is 0 Å². The van der Waals surface area contributed by atoms with Crippen LogP contribution in [0.4, 0.5) is 0 Å². The molecule has 0 spiro atoms. The molecule has 0 bridgehead atoms. The zero-order valence-corrected chi connectivity index (χ0v) is 18.7. The molecule has 1 N–H and O–H groups in total. The van der Waals surface area contributed by atoms with Crippen LogP contribution in [0.5, 0.6) is 11.6 Å². The summed E-state index contributed by atoms with van der Waals surface area (Å²) >= 11 is 3.38. The number of ketones is 1. The van der Waals surface area contributed by atoms with Crippen LogP contribution >= 0.6 is 15.9 Å². The summed E-state index contributed by atoms with van der Waals surface area (Å²) < 4.78 is 12.3. The average Bonchev–Trinajstić information content (AvgIpc) is 3.19. The molecule has 0 aliphatic carbocycles. The van der Waals surface area contributed by atoms with Crippen molar-refractivity contribution in [3.8, 4) is 11.6 Å². The number of halogens is 1. The van der Waals surface area contributed by atoms with E-state index in [2.05, 4.69) is 30.9 Å². The van der Waals surface area contributed by atoms with Gasteiger partial charge in [0.25, 0.3) is 0 Å². The van der Waals surface area contributed by atoms with Crippen LogP contribution in [0.25, 0.3) is 21.8 Å². The lowest BCUT2D eigenvalue weighted by molar-refractivity contribution is 0.102. The molecule has 158 valence electrons. The monoisotopic (exact) mass is 487 g/mol. The highest BCUT2D eigenvalue weighted by Gasteiger charge is 2.20. The zero-order chi connectivity index (χ0) is 22.1. The molecule has 0 aliphatic rings. The molecule has 3 heterocycles. The van der Waals surface area contributed by atoms with Gasteiger partial charge in [0.1, 0.15) is 11.4 Å². The summed E-state index contributed by atoms with van der Waals surface area (Å²) in [6.45, 7) is 0.255. The number of rotatable bonds is 6. The normalized spacial score (nSPS) is 11.2. The lowest BCUT2D eigenvalue weighted by Crippen LogP contribution is -2.09. The average molecular weight is 488 g/mol. The van der Waals surface area contributed by atoms with Crippen molar-refractivity contribution in [2.75, 3.05) is 7.11 Å².